The van der Waals surface area contributed by atoms with E-state index in [9.17, 15) is 4.79 Å². The van der Waals surface area contributed by atoms with E-state index in [1.807, 2.05) is 18.2 Å². The van der Waals surface area contributed by atoms with Crippen LogP contribution in [0.25, 0.3) is 10.9 Å². The first-order chi connectivity index (χ1) is 13.0. The molecule has 5 nitrogen and oxygen atoms in total. The Morgan fingerprint density at radius 1 is 1.15 bits per heavy atom. The standard InChI is InChI=1S/C20H19Br2NO4/c1-2-3-4-12-10-23-18-6-5-13(7-15(12)18)27-20-16(21)8-14(9-17(20)22)26-11-19(24)25/h5-10,23H,2-4,11H2,1H3,(H,24,25). The SMILES string of the molecule is CCCCc1c[nH]c2ccc(Oc3c(Br)cc(OCC(=O)O)cc3Br)cc12. The summed E-state index contributed by atoms with van der Waals surface area (Å²) in [5.41, 5.74) is 2.37. The predicted molar refractivity (Wildman–Crippen MR) is 112 cm³/mol. The van der Waals surface area contributed by atoms with Gasteiger partial charge in [0.2, 0.25) is 0 Å². The van der Waals surface area contributed by atoms with Gasteiger partial charge in [-0.2, -0.15) is 0 Å². The zero-order valence-corrected chi connectivity index (χ0v) is 17.9. The summed E-state index contributed by atoms with van der Waals surface area (Å²) in [4.78, 5) is 14.0. The quantitative estimate of drug-likeness (QED) is 0.384. The van der Waals surface area contributed by atoms with E-state index in [0.717, 1.165) is 35.9 Å². The first-order valence-corrected chi connectivity index (χ1v) is 10.2. The molecule has 0 saturated carbocycles. The number of ether oxygens (including phenoxy) is 2. The van der Waals surface area contributed by atoms with Crippen LogP contribution >= 0.6 is 31.9 Å². The topological polar surface area (TPSA) is 71.5 Å². The Morgan fingerprint density at radius 3 is 2.56 bits per heavy atom. The van der Waals surface area contributed by atoms with Gasteiger partial charge < -0.3 is 19.6 Å². The number of aryl methyl sites for hydroxylation is 1. The van der Waals surface area contributed by atoms with Crippen molar-refractivity contribution < 1.29 is 19.4 Å². The molecule has 0 fully saturated rings. The molecule has 2 N–H and O–H groups in total. The van der Waals surface area contributed by atoms with Crippen LogP contribution in [0.5, 0.6) is 17.2 Å². The summed E-state index contributed by atoms with van der Waals surface area (Å²) in [6.45, 7) is 1.78. The third-order valence-corrected chi connectivity index (χ3v) is 5.27. The number of aliphatic carboxylic acids is 1. The second-order valence-corrected chi connectivity index (χ2v) is 7.83. The molecule has 3 rings (SSSR count). The molecule has 0 aliphatic carbocycles. The molecule has 0 saturated heterocycles. The zero-order valence-electron chi connectivity index (χ0n) is 14.7. The first kappa shape index (κ1) is 19.8. The monoisotopic (exact) mass is 495 g/mol. The van der Waals surface area contributed by atoms with Gasteiger partial charge in [-0.15, -0.1) is 0 Å². The lowest BCUT2D eigenvalue weighted by Crippen LogP contribution is -2.09. The van der Waals surface area contributed by atoms with Crippen LogP contribution in [0.3, 0.4) is 0 Å². The normalized spacial score (nSPS) is 10.9. The third kappa shape index (κ3) is 4.84. The number of hydrogen-bond acceptors (Lipinski definition) is 3. The van der Waals surface area contributed by atoms with Crippen molar-refractivity contribution in [2.75, 3.05) is 6.61 Å². The predicted octanol–water partition coefficient (Wildman–Crippen LogP) is 6.29. The lowest BCUT2D eigenvalue weighted by atomic mass is 10.1. The molecular weight excluding hydrogens is 478 g/mol. The maximum absolute atomic E-state index is 10.7. The molecule has 0 radical (unpaired) electrons. The van der Waals surface area contributed by atoms with Crippen molar-refractivity contribution in [1.29, 1.82) is 0 Å². The first-order valence-electron chi connectivity index (χ1n) is 8.59. The highest BCUT2D eigenvalue weighted by molar-refractivity contribution is 9.11. The van der Waals surface area contributed by atoms with E-state index in [1.54, 1.807) is 12.1 Å². The second kappa shape index (κ2) is 8.80. The highest BCUT2D eigenvalue weighted by Crippen LogP contribution is 2.40. The van der Waals surface area contributed by atoms with Crippen molar-refractivity contribution in [2.24, 2.45) is 0 Å². The van der Waals surface area contributed by atoms with Crippen LogP contribution in [0.4, 0.5) is 0 Å². The van der Waals surface area contributed by atoms with Crippen LogP contribution in [0.2, 0.25) is 0 Å². The fraction of sp³-hybridized carbons (Fsp3) is 0.250. The molecule has 142 valence electrons. The minimum atomic E-state index is -1.03. The van der Waals surface area contributed by atoms with Crippen LogP contribution in [0.1, 0.15) is 25.3 Å². The van der Waals surface area contributed by atoms with E-state index in [0.29, 0.717) is 20.4 Å². The molecule has 0 bridgehead atoms. The van der Waals surface area contributed by atoms with Crippen molar-refractivity contribution in [3.05, 3.63) is 51.0 Å². The third-order valence-electron chi connectivity index (χ3n) is 4.09. The minimum absolute atomic E-state index is 0.399. The van der Waals surface area contributed by atoms with Crippen LogP contribution in [0.15, 0.2) is 45.5 Å². The fourth-order valence-electron chi connectivity index (χ4n) is 2.78. The van der Waals surface area contributed by atoms with Gasteiger partial charge in [-0.05, 0) is 80.6 Å². The number of carbonyl (C=O) groups is 1. The number of carboxylic acids is 1. The lowest BCUT2D eigenvalue weighted by Gasteiger charge is -2.12. The van der Waals surface area contributed by atoms with E-state index in [-0.39, 0.29) is 0 Å². The summed E-state index contributed by atoms with van der Waals surface area (Å²) in [5, 5.41) is 9.89. The van der Waals surface area contributed by atoms with Crippen molar-refractivity contribution in [3.8, 4) is 17.2 Å². The van der Waals surface area contributed by atoms with Gasteiger partial charge in [-0.1, -0.05) is 13.3 Å². The molecule has 2 aromatic carbocycles. The van der Waals surface area contributed by atoms with Crippen LogP contribution in [-0.4, -0.2) is 22.7 Å². The maximum atomic E-state index is 10.7. The molecule has 1 heterocycles. The van der Waals surface area contributed by atoms with Gasteiger partial charge in [0.05, 0.1) is 8.95 Å². The maximum Gasteiger partial charge on any atom is 0.341 e. The van der Waals surface area contributed by atoms with Crippen molar-refractivity contribution in [1.82, 2.24) is 4.98 Å². The van der Waals surface area contributed by atoms with E-state index in [4.69, 9.17) is 14.6 Å². The van der Waals surface area contributed by atoms with Gasteiger partial charge in [-0.25, -0.2) is 4.79 Å². The highest BCUT2D eigenvalue weighted by Gasteiger charge is 2.13. The molecule has 0 aliphatic heterocycles. The Hall–Kier alpha value is -1.99. The van der Waals surface area contributed by atoms with E-state index < -0.39 is 12.6 Å². The van der Waals surface area contributed by atoms with Crippen molar-refractivity contribution in [3.63, 3.8) is 0 Å². The Balaban J connectivity index is 1.85. The molecule has 0 amide bonds. The van der Waals surface area contributed by atoms with E-state index in [2.05, 4.69) is 50.0 Å². The highest BCUT2D eigenvalue weighted by atomic mass is 79.9. The molecule has 3 aromatic rings. The average molecular weight is 497 g/mol. The average Bonchev–Trinajstić information content (AvgIpc) is 3.03. The lowest BCUT2D eigenvalue weighted by molar-refractivity contribution is -0.139. The van der Waals surface area contributed by atoms with Gasteiger partial charge in [0, 0.05) is 17.1 Å². The number of fused-ring (bicyclic) bond motifs is 1. The molecule has 0 spiro atoms. The summed E-state index contributed by atoms with van der Waals surface area (Å²) in [5.74, 6) is 0.732. The summed E-state index contributed by atoms with van der Waals surface area (Å²) < 4.78 is 12.6. The molecule has 1 aromatic heterocycles. The molecule has 0 aliphatic rings. The summed E-state index contributed by atoms with van der Waals surface area (Å²) in [6.07, 6.45) is 5.39. The summed E-state index contributed by atoms with van der Waals surface area (Å²) >= 11 is 6.93. The number of rotatable bonds is 8. The van der Waals surface area contributed by atoms with Crippen LogP contribution in [0, 0.1) is 0 Å². The van der Waals surface area contributed by atoms with Crippen molar-refractivity contribution in [2.45, 2.75) is 26.2 Å². The number of carboxylic acid groups (broad SMARTS) is 1. The number of H-pyrrole nitrogens is 1. The number of benzene rings is 2. The van der Waals surface area contributed by atoms with Gasteiger partial charge in [-0.3, -0.25) is 0 Å². The molecular formula is C20H19Br2NO4. The summed E-state index contributed by atoms with van der Waals surface area (Å²) in [7, 11) is 0. The van der Waals surface area contributed by atoms with Crippen molar-refractivity contribution >= 4 is 48.7 Å². The number of hydrogen-bond donors (Lipinski definition) is 2. The van der Waals surface area contributed by atoms with Crippen LogP contribution in [-0.2, 0) is 11.2 Å². The van der Waals surface area contributed by atoms with Crippen LogP contribution < -0.4 is 9.47 Å². The van der Waals surface area contributed by atoms with E-state index >= 15 is 0 Å². The van der Waals surface area contributed by atoms with E-state index in [1.165, 1.54) is 5.56 Å². The number of aromatic amines is 1. The molecule has 0 atom stereocenters. The summed E-state index contributed by atoms with van der Waals surface area (Å²) in [6, 6.07) is 9.32. The Kier molecular flexibility index (Phi) is 6.44. The fourth-order valence-corrected chi connectivity index (χ4v) is 4.08. The Labute approximate surface area is 173 Å². The number of halogens is 2. The number of nitrogens with one attached hydrogen (secondary N) is 1. The molecule has 7 heteroatoms. The zero-order chi connectivity index (χ0) is 19.4. The second-order valence-electron chi connectivity index (χ2n) is 6.13. The van der Waals surface area contributed by atoms with Gasteiger partial charge >= 0.3 is 5.97 Å². The van der Waals surface area contributed by atoms with Gasteiger partial charge in [0.1, 0.15) is 11.5 Å². The minimum Gasteiger partial charge on any atom is -0.482 e. The Bertz CT molecular complexity index is 945. The number of unbranched alkanes of at least 4 members (excludes halogenated alkanes) is 1. The largest absolute Gasteiger partial charge is 0.482 e. The number of aromatic nitrogens is 1. The van der Waals surface area contributed by atoms with Gasteiger partial charge in [0.15, 0.2) is 12.4 Å². The smallest absolute Gasteiger partial charge is 0.341 e. The Morgan fingerprint density at radius 2 is 1.89 bits per heavy atom. The molecule has 0 unspecified atom stereocenters. The van der Waals surface area contributed by atoms with Gasteiger partial charge in [0.25, 0.3) is 0 Å². The molecule has 27 heavy (non-hydrogen) atoms.